The Morgan fingerprint density at radius 3 is 2.94 bits per heavy atom. The highest BCUT2D eigenvalue weighted by Gasteiger charge is 2.21. The van der Waals surface area contributed by atoms with Gasteiger partial charge in [0.1, 0.15) is 5.75 Å². The smallest absolute Gasteiger partial charge is 0.116 e. The maximum atomic E-state index is 9.46. The number of rotatable bonds is 4. The molecule has 0 saturated carbocycles. The number of nitrogens with zero attached hydrogens (tertiary/aromatic N) is 1. The minimum absolute atomic E-state index is 0.324. The van der Waals surface area contributed by atoms with Crippen molar-refractivity contribution in [3.8, 4) is 16.9 Å². The number of hydrogen-bond acceptors (Lipinski definition) is 2. The van der Waals surface area contributed by atoms with E-state index in [1.165, 1.54) is 17.7 Å². The summed E-state index contributed by atoms with van der Waals surface area (Å²) in [6.07, 6.45) is 5.53. The molecule has 1 aromatic carbocycles. The van der Waals surface area contributed by atoms with Gasteiger partial charge in [-0.1, -0.05) is 12.1 Å². The third-order valence-corrected chi connectivity index (χ3v) is 4.08. The Kier molecular flexibility index (Phi) is 2.85. The van der Waals surface area contributed by atoms with Gasteiger partial charge < -0.3 is 9.67 Å². The summed E-state index contributed by atoms with van der Waals surface area (Å²) < 4.78 is 2.23. The van der Waals surface area contributed by atoms with E-state index in [2.05, 4.69) is 23.0 Å². The van der Waals surface area contributed by atoms with Crippen LogP contribution in [0.3, 0.4) is 0 Å². The number of aromatic nitrogens is 1. The lowest BCUT2D eigenvalue weighted by Crippen LogP contribution is -1.96. The Morgan fingerprint density at radius 1 is 1.29 bits per heavy atom. The van der Waals surface area contributed by atoms with Gasteiger partial charge in [0.25, 0.3) is 0 Å². The van der Waals surface area contributed by atoms with E-state index in [-0.39, 0.29) is 0 Å². The van der Waals surface area contributed by atoms with Gasteiger partial charge in [-0.05, 0) is 35.7 Å². The summed E-state index contributed by atoms with van der Waals surface area (Å²) in [4.78, 5) is 0. The van der Waals surface area contributed by atoms with Gasteiger partial charge >= 0.3 is 0 Å². The van der Waals surface area contributed by atoms with Crippen LogP contribution < -0.4 is 0 Å². The molecule has 2 nitrogen and oxygen atoms in total. The molecule has 88 valence electrons. The zero-order valence-corrected chi connectivity index (χ0v) is 10.4. The van der Waals surface area contributed by atoms with Crippen molar-refractivity contribution in [3.05, 3.63) is 42.7 Å². The Morgan fingerprint density at radius 2 is 2.18 bits per heavy atom. The van der Waals surface area contributed by atoms with E-state index in [9.17, 15) is 5.11 Å². The van der Waals surface area contributed by atoms with E-state index >= 15 is 0 Å². The fourth-order valence-corrected chi connectivity index (χ4v) is 2.54. The van der Waals surface area contributed by atoms with E-state index in [4.69, 9.17) is 0 Å². The average Bonchev–Trinajstić information content (AvgIpc) is 3.04. The van der Waals surface area contributed by atoms with Crippen LogP contribution in [0.25, 0.3) is 11.1 Å². The van der Waals surface area contributed by atoms with Crippen LogP contribution in [0.2, 0.25) is 0 Å². The van der Waals surface area contributed by atoms with Crippen LogP contribution in [0.15, 0.2) is 42.7 Å². The second kappa shape index (κ2) is 4.49. The van der Waals surface area contributed by atoms with Gasteiger partial charge in [-0.15, -0.1) is 0 Å². The second-order valence-corrected chi connectivity index (χ2v) is 5.77. The molecule has 2 aromatic rings. The molecule has 0 spiro atoms. The molecule has 17 heavy (non-hydrogen) atoms. The van der Waals surface area contributed by atoms with Crippen molar-refractivity contribution in [2.24, 2.45) is 0 Å². The van der Waals surface area contributed by atoms with Gasteiger partial charge in [0.05, 0.1) is 0 Å². The van der Waals surface area contributed by atoms with E-state index < -0.39 is 0 Å². The van der Waals surface area contributed by atoms with Crippen LogP contribution in [0, 0.1) is 0 Å². The molecular weight excluding hydrogens is 230 g/mol. The fraction of sp³-hybridized carbons (Fsp3) is 0.286. The SMILES string of the molecule is Oc1cccc(-c2ccn(CCC3CS3)c2)c1. The van der Waals surface area contributed by atoms with Gasteiger partial charge in [0.15, 0.2) is 0 Å². The van der Waals surface area contributed by atoms with Crippen molar-refractivity contribution in [2.75, 3.05) is 5.75 Å². The highest BCUT2D eigenvalue weighted by atomic mass is 32.2. The summed E-state index contributed by atoms with van der Waals surface area (Å²) in [6.45, 7) is 1.09. The predicted molar refractivity (Wildman–Crippen MR) is 72.4 cm³/mol. The number of phenolic OH excluding ortho intramolecular Hbond substituents is 1. The van der Waals surface area contributed by atoms with Crippen LogP contribution in [-0.2, 0) is 6.54 Å². The zero-order valence-electron chi connectivity index (χ0n) is 9.54. The normalized spacial score (nSPS) is 18.2. The van der Waals surface area contributed by atoms with Crippen molar-refractivity contribution in [1.29, 1.82) is 0 Å². The molecule has 3 heteroatoms. The van der Waals surface area contributed by atoms with Crippen molar-refractivity contribution in [2.45, 2.75) is 18.2 Å². The number of aromatic hydroxyl groups is 1. The molecule has 3 rings (SSSR count). The van der Waals surface area contributed by atoms with Crippen molar-refractivity contribution in [3.63, 3.8) is 0 Å². The number of aryl methyl sites for hydroxylation is 1. The highest BCUT2D eigenvalue weighted by molar-refractivity contribution is 8.06. The van der Waals surface area contributed by atoms with Gasteiger partial charge in [-0.2, -0.15) is 11.8 Å². The summed E-state index contributed by atoms with van der Waals surface area (Å²) in [6, 6.07) is 9.51. The highest BCUT2D eigenvalue weighted by Crippen LogP contribution is 2.33. The van der Waals surface area contributed by atoms with Gasteiger partial charge in [0, 0.05) is 29.9 Å². The Bertz CT molecular complexity index is 516. The molecule has 1 saturated heterocycles. The number of benzene rings is 1. The van der Waals surface area contributed by atoms with Gasteiger partial charge in [-0.25, -0.2) is 0 Å². The molecule has 1 fully saturated rings. The summed E-state index contributed by atoms with van der Waals surface area (Å²) in [5.74, 6) is 1.66. The summed E-state index contributed by atoms with van der Waals surface area (Å²) in [5.41, 5.74) is 2.24. The minimum Gasteiger partial charge on any atom is -0.508 e. The number of thioether (sulfide) groups is 1. The Hall–Kier alpha value is -1.35. The molecule has 1 aliphatic rings. The first kappa shape index (κ1) is 10.8. The molecule has 1 aliphatic heterocycles. The van der Waals surface area contributed by atoms with Crippen molar-refractivity contribution >= 4 is 11.8 Å². The predicted octanol–water partition coefficient (Wildman–Crippen LogP) is 3.37. The molecule has 1 aromatic heterocycles. The van der Waals surface area contributed by atoms with E-state index in [1.807, 2.05) is 23.9 Å². The standard InChI is InChI=1S/C14H15NOS/c16-13-3-1-2-11(8-13)12-4-6-15(9-12)7-5-14-10-17-14/h1-4,6,8-9,14,16H,5,7,10H2. The molecule has 0 aliphatic carbocycles. The van der Waals surface area contributed by atoms with E-state index in [0.717, 1.165) is 17.4 Å². The summed E-state index contributed by atoms with van der Waals surface area (Å²) in [7, 11) is 0. The lowest BCUT2D eigenvalue weighted by molar-refractivity contribution is 0.475. The molecule has 0 amide bonds. The third kappa shape index (κ3) is 2.67. The summed E-state index contributed by atoms with van der Waals surface area (Å²) >= 11 is 2.05. The van der Waals surface area contributed by atoms with Crippen molar-refractivity contribution in [1.82, 2.24) is 4.57 Å². The maximum absolute atomic E-state index is 9.46. The Balaban J connectivity index is 1.74. The topological polar surface area (TPSA) is 25.2 Å². The fourth-order valence-electron chi connectivity index (χ4n) is 1.96. The lowest BCUT2D eigenvalue weighted by atomic mass is 10.1. The lowest BCUT2D eigenvalue weighted by Gasteiger charge is -2.01. The summed E-state index contributed by atoms with van der Waals surface area (Å²) in [5, 5.41) is 10.3. The number of phenols is 1. The first-order valence-electron chi connectivity index (χ1n) is 5.88. The number of hydrogen-bond donors (Lipinski definition) is 1. The molecule has 2 heterocycles. The van der Waals surface area contributed by atoms with Crippen LogP contribution in [0.4, 0.5) is 0 Å². The molecule has 1 atom stereocenters. The Labute approximate surface area is 105 Å². The molecule has 0 radical (unpaired) electrons. The molecule has 1 N–H and O–H groups in total. The third-order valence-electron chi connectivity index (χ3n) is 3.04. The second-order valence-electron chi connectivity index (χ2n) is 4.43. The first-order valence-corrected chi connectivity index (χ1v) is 6.93. The van der Waals surface area contributed by atoms with Gasteiger partial charge in [-0.3, -0.25) is 0 Å². The monoisotopic (exact) mass is 245 g/mol. The van der Waals surface area contributed by atoms with Crippen LogP contribution in [-0.4, -0.2) is 20.7 Å². The van der Waals surface area contributed by atoms with Gasteiger partial charge in [0.2, 0.25) is 0 Å². The minimum atomic E-state index is 0.324. The molecule has 1 unspecified atom stereocenters. The molecule has 0 bridgehead atoms. The quantitative estimate of drug-likeness (QED) is 0.835. The van der Waals surface area contributed by atoms with E-state index in [1.54, 1.807) is 12.1 Å². The van der Waals surface area contributed by atoms with E-state index in [0.29, 0.717) is 5.75 Å². The van der Waals surface area contributed by atoms with Crippen LogP contribution in [0.5, 0.6) is 5.75 Å². The van der Waals surface area contributed by atoms with Crippen molar-refractivity contribution < 1.29 is 5.11 Å². The largest absolute Gasteiger partial charge is 0.508 e. The zero-order chi connectivity index (χ0) is 11.7. The van der Waals surface area contributed by atoms with Crippen LogP contribution >= 0.6 is 11.8 Å². The maximum Gasteiger partial charge on any atom is 0.116 e. The average molecular weight is 245 g/mol. The van der Waals surface area contributed by atoms with Crippen LogP contribution in [0.1, 0.15) is 6.42 Å². The molecular formula is C14H15NOS. The first-order chi connectivity index (χ1) is 8.31.